The first kappa shape index (κ1) is 13.6. The molecule has 0 bridgehead atoms. The number of hydrogen-bond donors (Lipinski definition) is 1. The molecular formula is C9H7F3N4O2S. The Balaban J connectivity index is 2.25. The summed E-state index contributed by atoms with van der Waals surface area (Å²) in [4.78, 5) is 13.7. The molecule has 1 aromatic heterocycles. The molecule has 0 aliphatic carbocycles. The lowest BCUT2D eigenvalue weighted by molar-refractivity contribution is -0.138. The number of anilines is 1. The van der Waals surface area contributed by atoms with Gasteiger partial charge >= 0.3 is 12.2 Å². The zero-order valence-corrected chi connectivity index (χ0v) is 10.1. The largest absolute Gasteiger partial charge is 0.445 e. The molecule has 1 fully saturated rings. The molecule has 1 atom stereocenters. The van der Waals surface area contributed by atoms with Crippen molar-refractivity contribution in [2.45, 2.75) is 12.4 Å². The van der Waals surface area contributed by atoms with Gasteiger partial charge in [-0.05, 0) is 0 Å². The maximum absolute atomic E-state index is 12.4. The Bertz CT molecular complexity index is 538. The van der Waals surface area contributed by atoms with E-state index in [1.165, 1.54) is 0 Å². The van der Waals surface area contributed by atoms with Crippen molar-refractivity contribution < 1.29 is 23.1 Å². The number of β-amino-alcohol motifs (C(OH)–C–C–N with tert-alkyl or cyclic N) is 1. The van der Waals surface area contributed by atoms with Crippen LogP contribution in [0.1, 0.15) is 5.01 Å². The summed E-state index contributed by atoms with van der Waals surface area (Å²) in [6.07, 6.45) is -0.890. The van der Waals surface area contributed by atoms with Gasteiger partial charge in [0.05, 0.1) is 13.1 Å². The third kappa shape index (κ3) is 2.47. The van der Waals surface area contributed by atoms with E-state index in [1.54, 1.807) is 0 Å². The molecule has 2 heterocycles. The van der Waals surface area contributed by atoms with E-state index in [0.717, 1.165) is 9.80 Å². The summed E-state index contributed by atoms with van der Waals surface area (Å²) in [5, 5.41) is 14.4. The van der Waals surface area contributed by atoms with Crippen LogP contribution in [-0.2, 0) is 6.18 Å². The predicted molar refractivity (Wildman–Crippen MR) is 59.2 cm³/mol. The summed E-state index contributed by atoms with van der Waals surface area (Å²) >= 11 is 0.184. The molecule has 19 heavy (non-hydrogen) atoms. The second-order valence-corrected chi connectivity index (χ2v) is 4.56. The number of amides is 2. The molecule has 2 rings (SSSR count). The van der Waals surface area contributed by atoms with Crippen molar-refractivity contribution in [3.63, 3.8) is 0 Å². The van der Waals surface area contributed by atoms with Gasteiger partial charge in [-0.15, -0.1) is 16.6 Å². The molecule has 2 amide bonds. The quantitative estimate of drug-likeness (QED) is 0.817. The Morgan fingerprint density at radius 1 is 1.53 bits per heavy atom. The molecule has 102 valence electrons. The number of hydrogen-bond acceptors (Lipinski definition) is 5. The normalized spacial score (nSPS) is 19.9. The van der Waals surface area contributed by atoms with Crippen molar-refractivity contribution in [2.24, 2.45) is 0 Å². The average Bonchev–Trinajstić information content (AvgIpc) is 2.85. The first-order chi connectivity index (χ1) is 8.84. The maximum atomic E-state index is 12.4. The van der Waals surface area contributed by atoms with Gasteiger partial charge in [0.2, 0.25) is 10.1 Å². The van der Waals surface area contributed by atoms with Crippen LogP contribution < -0.4 is 4.90 Å². The molecule has 1 aromatic rings. The summed E-state index contributed by atoms with van der Waals surface area (Å²) in [6, 6.07) is -0.699. The second-order valence-electron chi connectivity index (χ2n) is 3.61. The van der Waals surface area contributed by atoms with Gasteiger partial charge in [-0.3, -0.25) is 0 Å². The van der Waals surface area contributed by atoms with Crippen LogP contribution in [0.5, 0.6) is 0 Å². The summed E-state index contributed by atoms with van der Waals surface area (Å²) in [5.41, 5.74) is 0. The monoisotopic (exact) mass is 292 g/mol. The third-order valence-corrected chi connectivity index (χ3v) is 3.27. The van der Waals surface area contributed by atoms with Crippen molar-refractivity contribution in [3.8, 4) is 12.3 Å². The Labute approximate surface area is 109 Å². The number of terminal acetylenes is 1. The molecule has 10 heteroatoms. The van der Waals surface area contributed by atoms with Crippen LogP contribution >= 0.6 is 11.3 Å². The van der Waals surface area contributed by atoms with Crippen molar-refractivity contribution in [1.82, 2.24) is 15.1 Å². The Kier molecular flexibility index (Phi) is 3.34. The van der Waals surface area contributed by atoms with Gasteiger partial charge in [0.25, 0.3) is 0 Å². The summed E-state index contributed by atoms with van der Waals surface area (Å²) in [6.45, 7) is -0.138. The number of carbonyl (C=O) groups is 1. The van der Waals surface area contributed by atoms with Crippen LogP contribution in [0.15, 0.2) is 0 Å². The summed E-state index contributed by atoms with van der Waals surface area (Å²) in [5.74, 6) is 2.22. The lowest BCUT2D eigenvalue weighted by atomic mass is 10.5. The number of nitrogens with zero attached hydrogens (tertiary/aromatic N) is 4. The van der Waals surface area contributed by atoms with Crippen LogP contribution in [0.3, 0.4) is 0 Å². The third-order valence-electron chi connectivity index (χ3n) is 2.30. The zero-order chi connectivity index (χ0) is 14.2. The molecule has 1 unspecified atom stereocenters. The maximum Gasteiger partial charge on any atom is 0.445 e. The minimum absolute atomic E-state index is 0.0443. The molecule has 0 saturated carbocycles. The predicted octanol–water partition coefficient (Wildman–Crippen LogP) is 0.750. The van der Waals surface area contributed by atoms with Crippen LogP contribution in [0.2, 0.25) is 0 Å². The van der Waals surface area contributed by atoms with Gasteiger partial charge in [0.15, 0.2) is 6.23 Å². The first-order valence-corrected chi connectivity index (χ1v) is 5.76. The zero-order valence-electron chi connectivity index (χ0n) is 9.26. The summed E-state index contributed by atoms with van der Waals surface area (Å²) in [7, 11) is 0. The molecule has 1 aliphatic heterocycles. The highest BCUT2D eigenvalue weighted by Crippen LogP contribution is 2.35. The van der Waals surface area contributed by atoms with Gasteiger partial charge in [-0.1, -0.05) is 17.3 Å². The smallest absolute Gasteiger partial charge is 0.371 e. The number of alkyl halides is 3. The van der Waals surface area contributed by atoms with E-state index in [2.05, 4.69) is 16.1 Å². The number of halogens is 3. The molecule has 6 nitrogen and oxygen atoms in total. The van der Waals surface area contributed by atoms with Gasteiger partial charge in [0, 0.05) is 0 Å². The van der Waals surface area contributed by atoms with E-state index >= 15 is 0 Å². The minimum atomic E-state index is -4.64. The van der Waals surface area contributed by atoms with Crippen molar-refractivity contribution >= 4 is 22.5 Å². The van der Waals surface area contributed by atoms with Gasteiger partial charge in [-0.25, -0.2) is 9.69 Å². The van der Waals surface area contributed by atoms with E-state index in [1.807, 2.05) is 0 Å². The topological polar surface area (TPSA) is 69.6 Å². The van der Waals surface area contributed by atoms with Crippen LogP contribution in [0.4, 0.5) is 23.1 Å². The number of rotatable bonds is 2. The Hall–Kier alpha value is -1.86. The molecule has 0 spiro atoms. The lowest BCUT2D eigenvalue weighted by Crippen LogP contribution is -2.34. The van der Waals surface area contributed by atoms with Crippen molar-refractivity contribution in [3.05, 3.63) is 5.01 Å². The molecular weight excluding hydrogens is 285 g/mol. The van der Waals surface area contributed by atoms with Crippen LogP contribution in [0.25, 0.3) is 0 Å². The molecule has 1 N–H and O–H groups in total. The standard InChI is InChI=1S/C9H7F3N4O2S/c1-2-3-15-4-5(17)16(8(15)18)7-14-13-6(19-7)9(10,11)12/h1,5,17H,3-4H2. The number of aliphatic hydroxyl groups is 1. The van der Waals surface area contributed by atoms with Gasteiger partial charge in [-0.2, -0.15) is 13.2 Å². The van der Waals surface area contributed by atoms with Gasteiger partial charge in [0.1, 0.15) is 0 Å². The summed E-state index contributed by atoms with van der Waals surface area (Å²) < 4.78 is 37.2. The second kappa shape index (κ2) is 4.67. The highest BCUT2D eigenvalue weighted by atomic mass is 32.1. The first-order valence-electron chi connectivity index (χ1n) is 4.95. The number of carbonyl (C=O) groups excluding carboxylic acids is 1. The van der Waals surface area contributed by atoms with Crippen LogP contribution in [-0.4, -0.2) is 45.6 Å². The van der Waals surface area contributed by atoms with E-state index < -0.39 is 23.4 Å². The number of aliphatic hydroxyl groups excluding tert-OH is 1. The fourth-order valence-corrected chi connectivity index (χ4v) is 2.27. The average molecular weight is 292 g/mol. The Morgan fingerprint density at radius 3 is 2.74 bits per heavy atom. The highest BCUT2D eigenvalue weighted by Gasteiger charge is 2.41. The molecule has 0 aromatic carbocycles. The molecule has 1 saturated heterocycles. The van der Waals surface area contributed by atoms with Crippen molar-refractivity contribution in [1.29, 1.82) is 0 Å². The van der Waals surface area contributed by atoms with Crippen molar-refractivity contribution in [2.75, 3.05) is 18.0 Å². The number of aromatic nitrogens is 2. The van der Waals surface area contributed by atoms with Crippen LogP contribution in [0, 0.1) is 12.3 Å². The highest BCUT2D eigenvalue weighted by molar-refractivity contribution is 7.15. The Morgan fingerprint density at radius 2 is 2.21 bits per heavy atom. The fourth-order valence-electron chi connectivity index (χ4n) is 1.52. The lowest BCUT2D eigenvalue weighted by Gasteiger charge is -2.14. The van der Waals surface area contributed by atoms with Gasteiger partial charge < -0.3 is 10.0 Å². The number of urea groups is 1. The molecule has 0 radical (unpaired) electrons. The van der Waals surface area contributed by atoms with E-state index in [0.29, 0.717) is 0 Å². The van der Waals surface area contributed by atoms with E-state index in [4.69, 9.17) is 6.42 Å². The molecule has 1 aliphatic rings. The van der Waals surface area contributed by atoms with E-state index in [-0.39, 0.29) is 29.6 Å². The SMILES string of the molecule is C#CCN1CC(O)N(c2nnc(C(F)(F)F)s2)C1=O. The minimum Gasteiger partial charge on any atom is -0.371 e. The fraction of sp³-hybridized carbons (Fsp3) is 0.444. The van der Waals surface area contributed by atoms with E-state index in [9.17, 15) is 23.1 Å².